The van der Waals surface area contributed by atoms with Crippen LogP contribution >= 0.6 is 23.2 Å². The van der Waals surface area contributed by atoms with Crippen molar-refractivity contribution in [3.05, 3.63) is 21.4 Å². The predicted octanol–water partition coefficient (Wildman–Crippen LogP) is 6.40. The predicted molar refractivity (Wildman–Crippen MR) is 96.3 cm³/mol. The summed E-state index contributed by atoms with van der Waals surface area (Å²) in [5.41, 5.74) is 1.22. The fourth-order valence-electron chi connectivity index (χ4n) is 1.38. The topological polar surface area (TPSA) is 51.2 Å². The first kappa shape index (κ1) is 23.3. The van der Waals surface area contributed by atoms with Gasteiger partial charge in [-0.2, -0.15) is 0 Å². The van der Waals surface area contributed by atoms with Crippen molar-refractivity contribution in [2.45, 2.75) is 67.9 Å². The minimum atomic E-state index is -0.560. The van der Waals surface area contributed by atoms with Crippen LogP contribution in [0.25, 0.3) is 0 Å². The maximum atomic E-state index is 11.7. The lowest BCUT2D eigenvalue weighted by molar-refractivity contribution is 0.0635. The van der Waals surface area contributed by atoms with Gasteiger partial charge in [0.1, 0.15) is 10.8 Å². The zero-order chi connectivity index (χ0) is 18.1. The molecule has 0 radical (unpaired) electrons. The summed E-state index contributed by atoms with van der Waals surface area (Å²) in [6.45, 7) is 16.9. The third-order valence-electron chi connectivity index (χ3n) is 2.14. The summed E-state index contributed by atoms with van der Waals surface area (Å²) in [6, 6.07) is 0. The van der Waals surface area contributed by atoms with E-state index >= 15 is 0 Å². The molecule has 0 spiro atoms. The van der Waals surface area contributed by atoms with Crippen LogP contribution in [0, 0.1) is 13.8 Å². The molecule has 128 valence electrons. The van der Waals surface area contributed by atoms with Gasteiger partial charge in [0.25, 0.3) is 0 Å². The highest BCUT2D eigenvalue weighted by Gasteiger charge is 2.19. The molecule has 0 aromatic carbocycles. The number of halogens is 2. The van der Waals surface area contributed by atoms with Crippen molar-refractivity contribution in [3.8, 4) is 0 Å². The van der Waals surface area contributed by atoms with E-state index in [-0.39, 0.29) is 5.15 Å². The van der Waals surface area contributed by atoms with Gasteiger partial charge in [-0.3, -0.25) is 5.32 Å². The Balaban J connectivity index is 0. The van der Waals surface area contributed by atoms with Crippen LogP contribution in [-0.4, -0.2) is 16.7 Å². The molecule has 0 saturated carbocycles. The standard InChI is InChI=1S/C12H16Cl2N2O2.2C2H6/c1-6-8(13)10(14)15-7(2)9(6)16-11(17)18-12(3,4)5;2*1-2/h1-5H3,(H,16,17);2*1-2H3. The molecule has 1 N–H and O–H groups in total. The molecule has 0 saturated heterocycles. The zero-order valence-corrected chi connectivity index (χ0v) is 16.5. The van der Waals surface area contributed by atoms with Crippen LogP contribution in [0.4, 0.5) is 10.5 Å². The van der Waals surface area contributed by atoms with Crippen LogP contribution in [-0.2, 0) is 4.74 Å². The second-order valence-corrected chi connectivity index (χ2v) is 5.66. The van der Waals surface area contributed by atoms with Gasteiger partial charge >= 0.3 is 6.09 Å². The van der Waals surface area contributed by atoms with E-state index in [0.29, 0.717) is 22.0 Å². The number of nitrogens with zero attached hydrogens (tertiary/aromatic N) is 1. The first-order valence-electron chi connectivity index (χ1n) is 7.44. The number of hydrogen-bond acceptors (Lipinski definition) is 3. The number of ether oxygens (including phenoxy) is 1. The van der Waals surface area contributed by atoms with Gasteiger partial charge in [-0.05, 0) is 40.2 Å². The maximum absolute atomic E-state index is 11.7. The molecule has 0 aliphatic heterocycles. The lowest BCUT2D eigenvalue weighted by Gasteiger charge is -2.21. The Bertz CT molecular complexity index is 484. The molecule has 1 rings (SSSR count). The molecule has 6 heteroatoms. The van der Waals surface area contributed by atoms with E-state index in [4.69, 9.17) is 27.9 Å². The van der Waals surface area contributed by atoms with Gasteiger partial charge in [0, 0.05) is 0 Å². The summed E-state index contributed by atoms with van der Waals surface area (Å²) in [7, 11) is 0. The normalized spacial score (nSPS) is 9.77. The molecule has 22 heavy (non-hydrogen) atoms. The van der Waals surface area contributed by atoms with Gasteiger partial charge in [0.2, 0.25) is 0 Å². The van der Waals surface area contributed by atoms with Crippen LogP contribution in [0.3, 0.4) is 0 Å². The Morgan fingerprint density at radius 2 is 1.55 bits per heavy atom. The van der Waals surface area contributed by atoms with E-state index < -0.39 is 11.7 Å². The average molecular weight is 351 g/mol. The summed E-state index contributed by atoms with van der Waals surface area (Å²) in [5.74, 6) is 0. The van der Waals surface area contributed by atoms with Gasteiger partial charge in [-0.15, -0.1) is 0 Å². The van der Waals surface area contributed by atoms with Crippen LogP contribution < -0.4 is 5.32 Å². The molecule has 1 aromatic rings. The first-order chi connectivity index (χ1) is 10.1. The highest BCUT2D eigenvalue weighted by atomic mass is 35.5. The Morgan fingerprint density at radius 1 is 1.09 bits per heavy atom. The summed E-state index contributed by atoms with van der Waals surface area (Å²) in [5, 5.41) is 3.19. The molecule has 4 nitrogen and oxygen atoms in total. The quantitative estimate of drug-likeness (QED) is 0.595. The SMILES string of the molecule is CC.CC.Cc1nc(Cl)c(Cl)c(C)c1NC(=O)OC(C)(C)C. The van der Waals surface area contributed by atoms with Crippen LogP contribution in [0.1, 0.15) is 59.7 Å². The maximum Gasteiger partial charge on any atom is 0.412 e. The van der Waals surface area contributed by atoms with Crippen molar-refractivity contribution < 1.29 is 9.53 Å². The highest BCUT2D eigenvalue weighted by Crippen LogP contribution is 2.31. The zero-order valence-electron chi connectivity index (χ0n) is 15.0. The molecule has 0 bridgehead atoms. The van der Waals surface area contributed by atoms with Crippen molar-refractivity contribution in [1.29, 1.82) is 0 Å². The monoisotopic (exact) mass is 350 g/mol. The van der Waals surface area contributed by atoms with Crippen molar-refractivity contribution in [2.75, 3.05) is 5.32 Å². The lowest BCUT2D eigenvalue weighted by atomic mass is 10.2. The molecular formula is C16H28Cl2N2O2. The van der Waals surface area contributed by atoms with Crippen molar-refractivity contribution >= 4 is 35.0 Å². The number of carbonyl (C=O) groups excluding carboxylic acids is 1. The van der Waals surface area contributed by atoms with E-state index in [1.807, 2.05) is 27.7 Å². The largest absolute Gasteiger partial charge is 0.444 e. The first-order valence-corrected chi connectivity index (χ1v) is 8.19. The van der Waals surface area contributed by atoms with E-state index in [1.54, 1.807) is 34.6 Å². The summed E-state index contributed by atoms with van der Waals surface area (Å²) in [4.78, 5) is 15.7. The fraction of sp³-hybridized carbons (Fsp3) is 0.625. The van der Waals surface area contributed by atoms with Crippen molar-refractivity contribution in [3.63, 3.8) is 0 Å². The molecule has 1 heterocycles. The Kier molecular flexibility index (Phi) is 11.3. The number of amides is 1. The van der Waals surface area contributed by atoms with E-state index in [2.05, 4.69) is 10.3 Å². The van der Waals surface area contributed by atoms with Gasteiger partial charge in [-0.25, -0.2) is 9.78 Å². The summed E-state index contributed by atoms with van der Waals surface area (Å²) in [6.07, 6.45) is -0.547. The number of rotatable bonds is 1. The van der Waals surface area contributed by atoms with E-state index in [1.165, 1.54) is 0 Å². The molecule has 0 aliphatic carbocycles. The third-order valence-corrected chi connectivity index (χ3v) is 2.97. The average Bonchev–Trinajstić information content (AvgIpc) is 2.44. The van der Waals surface area contributed by atoms with E-state index in [9.17, 15) is 4.79 Å². The number of anilines is 1. The summed E-state index contributed by atoms with van der Waals surface area (Å²) >= 11 is 11.8. The van der Waals surface area contributed by atoms with Crippen LogP contribution in [0.5, 0.6) is 0 Å². The number of hydrogen-bond donors (Lipinski definition) is 1. The number of aromatic nitrogens is 1. The minimum Gasteiger partial charge on any atom is -0.444 e. The summed E-state index contributed by atoms with van der Waals surface area (Å²) < 4.78 is 5.17. The molecule has 1 amide bonds. The lowest BCUT2D eigenvalue weighted by Crippen LogP contribution is -2.27. The molecule has 1 aromatic heterocycles. The smallest absolute Gasteiger partial charge is 0.412 e. The molecule has 0 aliphatic rings. The fourth-order valence-corrected chi connectivity index (χ4v) is 1.78. The van der Waals surface area contributed by atoms with Gasteiger partial charge in [0.15, 0.2) is 0 Å². The minimum absolute atomic E-state index is 0.224. The second kappa shape index (κ2) is 10.7. The molecule has 0 unspecified atom stereocenters. The van der Waals surface area contributed by atoms with Crippen LogP contribution in [0.15, 0.2) is 0 Å². The van der Waals surface area contributed by atoms with E-state index in [0.717, 1.165) is 0 Å². The van der Waals surface area contributed by atoms with Crippen LogP contribution in [0.2, 0.25) is 10.2 Å². The third kappa shape index (κ3) is 7.85. The number of nitrogens with one attached hydrogen (secondary N) is 1. The number of pyridine rings is 1. The van der Waals surface area contributed by atoms with Crippen molar-refractivity contribution in [1.82, 2.24) is 4.98 Å². The molecule has 0 fully saturated rings. The van der Waals surface area contributed by atoms with Gasteiger partial charge in [0.05, 0.1) is 16.4 Å². The Morgan fingerprint density at radius 3 is 1.95 bits per heavy atom. The number of aryl methyl sites for hydroxylation is 1. The number of carbonyl (C=O) groups is 1. The highest BCUT2D eigenvalue weighted by molar-refractivity contribution is 6.42. The Hall–Kier alpha value is -1.00. The molecule has 0 atom stereocenters. The van der Waals surface area contributed by atoms with Gasteiger partial charge < -0.3 is 4.74 Å². The van der Waals surface area contributed by atoms with Gasteiger partial charge in [-0.1, -0.05) is 50.9 Å². The molecular weight excluding hydrogens is 323 g/mol. The second-order valence-electron chi connectivity index (χ2n) is 4.93. The Labute approximate surface area is 144 Å². The van der Waals surface area contributed by atoms with Crippen molar-refractivity contribution in [2.24, 2.45) is 0 Å².